The van der Waals surface area contributed by atoms with Gasteiger partial charge in [-0.2, -0.15) is 0 Å². The summed E-state index contributed by atoms with van der Waals surface area (Å²) in [4.78, 5) is 7.40. The van der Waals surface area contributed by atoms with Crippen molar-refractivity contribution in [1.29, 1.82) is 0 Å². The zero-order chi connectivity index (χ0) is 32.1. The van der Waals surface area contributed by atoms with Crippen LogP contribution in [0, 0.1) is 0 Å². The largest absolute Gasteiger partial charge is 0.263 e. The molecular formula is C47H27NS. The molecule has 0 saturated heterocycles. The van der Waals surface area contributed by atoms with Crippen LogP contribution in [0.25, 0.3) is 98.0 Å². The first-order chi connectivity index (χ1) is 24.3. The third-order valence-electron chi connectivity index (χ3n) is 10.5. The highest BCUT2D eigenvalue weighted by Crippen LogP contribution is 2.55. The first kappa shape index (κ1) is 27.0. The van der Waals surface area contributed by atoms with Gasteiger partial charge in [0.1, 0.15) is 0 Å². The maximum absolute atomic E-state index is 4.83. The zero-order valence-corrected chi connectivity index (χ0v) is 27.3. The monoisotopic (exact) mass is 637 g/mol. The van der Waals surface area contributed by atoms with E-state index in [4.69, 9.17) is 4.98 Å². The van der Waals surface area contributed by atoms with Crippen molar-refractivity contribution in [3.05, 3.63) is 164 Å². The number of fused-ring (bicyclic) bond motifs is 9. The Hall–Kier alpha value is -5.96. The van der Waals surface area contributed by atoms with Gasteiger partial charge >= 0.3 is 0 Å². The second-order valence-corrected chi connectivity index (χ2v) is 14.1. The summed E-state index contributed by atoms with van der Waals surface area (Å²) in [6.07, 6.45) is 4.12. The molecule has 0 saturated carbocycles. The normalized spacial score (nSPS) is 12.4. The number of rotatable bonds is 2. The van der Waals surface area contributed by atoms with Gasteiger partial charge < -0.3 is 0 Å². The summed E-state index contributed by atoms with van der Waals surface area (Å²) in [5.41, 5.74) is 7.62. The van der Waals surface area contributed by atoms with E-state index >= 15 is 0 Å². The lowest BCUT2D eigenvalue weighted by molar-refractivity contribution is 1.33. The van der Waals surface area contributed by atoms with Crippen LogP contribution in [0.4, 0.5) is 0 Å². The molecule has 0 spiro atoms. The molecule has 10 aromatic rings. The molecular weight excluding hydrogens is 611 g/mol. The van der Waals surface area contributed by atoms with Gasteiger partial charge in [-0.1, -0.05) is 151 Å². The summed E-state index contributed by atoms with van der Waals surface area (Å²) in [6.45, 7) is 0. The van der Waals surface area contributed by atoms with Crippen LogP contribution in [-0.4, -0.2) is 4.98 Å². The number of nitrogens with zero attached hydrogens (tertiary/aromatic N) is 1. The van der Waals surface area contributed by atoms with Crippen molar-refractivity contribution >= 4 is 76.4 Å². The van der Waals surface area contributed by atoms with Crippen molar-refractivity contribution in [2.24, 2.45) is 0 Å². The molecule has 11 rings (SSSR count). The fraction of sp³-hybridized carbons (Fsp3) is 0. The number of pyridine rings is 1. The Morgan fingerprint density at radius 1 is 0.327 bits per heavy atom. The SMILES string of the molecule is c1ccc2c(-c3c4ccccc4c(-c4cc5c(c6ccccc46)-c4cncc6c4c(cc4ccccc46)S5)c4ccccc34)cccc2c1. The van der Waals surface area contributed by atoms with Crippen molar-refractivity contribution in [2.45, 2.75) is 9.79 Å². The van der Waals surface area contributed by atoms with Crippen LogP contribution < -0.4 is 0 Å². The van der Waals surface area contributed by atoms with Gasteiger partial charge in [0, 0.05) is 44.1 Å². The first-order valence-corrected chi connectivity index (χ1v) is 17.6. The van der Waals surface area contributed by atoms with Crippen molar-refractivity contribution in [3.8, 4) is 33.4 Å². The lowest BCUT2D eigenvalue weighted by Crippen LogP contribution is -1.98. The van der Waals surface area contributed by atoms with E-state index in [1.807, 2.05) is 18.0 Å². The molecule has 1 aliphatic heterocycles. The molecule has 0 fully saturated rings. The lowest BCUT2D eigenvalue weighted by atomic mass is 9.82. The molecule has 0 amide bonds. The second-order valence-electron chi connectivity index (χ2n) is 13.0. The maximum atomic E-state index is 4.83. The molecule has 0 radical (unpaired) electrons. The Morgan fingerprint density at radius 2 is 0.857 bits per heavy atom. The van der Waals surface area contributed by atoms with E-state index in [0.717, 1.165) is 0 Å². The number of hydrogen-bond donors (Lipinski definition) is 0. The van der Waals surface area contributed by atoms with Crippen molar-refractivity contribution in [3.63, 3.8) is 0 Å². The van der Waals surface area contributed by atoms with Gasteiger partial charge in [0.05, 0.1) is 0 Å². The average molecular weight is 638 g/mol. The van der Waals surface area contributed by atoms with Crippen molar-refractivity contribution < 1.29 is 0 Å². The fourth-order valence-corrected chi connectivity index (χ4v) is 9.71. The van der Waals surface area contributed by atoms with E-state index in [1.165, 1.54) is 108 Å². The fourth-order valence-electron chi connectivity index (χ4n) is 8.47. The Labute approximate surface area is 287 Å². The molecule has 49 heavy (non-hydrogen) atoms. The van der Waals surface area contributed by atoms with E-state index in [2.05, 4.69) is 158 Å². The van der Waals surface area contributed by atoms with Gasteiger partial charge in [-0.3, -0.25) is 4.98 Å². The summed E-state index contributed by atoms with van der Waals surface area (Å²) in [5, 5.41) is 15.2. The molecule has 2 heteroatoms. The predicted octanol–water partition coefficient (Wildman–Crippen LogP) is 13.5. The minimum atomic E-state index is 1.22. The molecule has 1 aromatic heterocycles. The van der Waals surface area contributed by atoms with Crippen LogP contribution in [-0.2, 0) is 0 Å². The molecule has 1 nitrogen and oxygen atoms in total. The highest BCUT2D eigenvalue weighted by molar-refractivity contribution is 7.99. The smallest absolute Gasteiger partial charge is 0.0353 e. The number of hydrogen-bond acceptors (Lipinski definition) is 2. The van der Waals surface area contributed by atoms with Crippen LogP contribution in [0.15, 0.2) is 174 Å². The molecule has 0 unspecified atom stereocenters. The van der Waals surface area contributed by atoms with Gasteiger partial charge in [-0.25, -0.2) is 0 Å². The maximum Gasteiger partial charge on any atom is 0.0353 e. The van der Waals surface area contributed by atoms with E-state index in [-0.39, 0.29) is 0 Å². The molecule has 0 aliphatic carbocycles. The van der Waals surface area contributed by atoms with Crippen LogP contribution in [0.1, 0.15) is 0 Å². The standard InChI is InChI=1S/C47H27NS/c1-3-15-30-28(12-1)14-11-23-33(30)44-35-19-7-9-21-37(35)45(38-22-10-8-20-36(38)44)39-25-43-46(34-18-6-5-17-32(34)39)41-27-48-26-40-31-16-4-2-13-29(31)24-42(49-43)47(40)41/h1-27H. The molecule has 0 atom stereocenters. The Balaban J connectivity index is 1.27. The third kappa shape index (κ3) is 3.81. The second kappa shape index (κ2) is 10.3. The highest BCUT2D eigenvalue weighted by atomic mass is 32.2. The van der Waals surface area contributed by atoms with Crippen LogP contribution in [0.3, 0.4) is 0 Å². The highest BCUT2D eigenvalue weighted by Gasteiger charge is 2.26. The van der Waals surface area contributed by atoms with E-state index in [0.29, 0.717) is 0 Å². The average Bonchev–Trinajstić information content (AvgIpc) is 3.16. The number of aromatic nitrogens is 1. The first-order valence-electron chi connectivity index (χ1n) is 16.8. The molecule has 9 aromatic carbocycles. The Kier molecular flexibility index (Phi) is 5.67. The topological polar surface area (TPSA) is 12.9 Å². The van der Waals surface area contributed by atoms with Crippen molar-refractivity contribution in [1.82, 2.24) is 4.98 Å². The minimum Gasteiger partial charge on any atom is -0.263 e. The quantitative estimate of drug-likeness (QED) is 0.138. The molecule has 0 N–H and O–H groups in total. The van der Waals surface area contributed by atoms with E-state index < -0.39 is 0 Å². The summed E-state index contributed by atoms with van der Waals surface area (Å²) >= 11 is 1.90. The van der Waals surface area contributed by atoms with Gasteiger partial charge in [-0.15, -0.1) is 0 Å². The van der Waals surface area contributed by atoms with Crippen LogP contribution >= 0.6 is 11.8 Å². The summed E-state index contributed by atoms with van der Waals surface area (Å²) < 4.78 is 0. The molecule has 1 aliphatic rings. The van der Waals surface area contributed by atoms with Crippen LogP contribution in [0.2, 0.25) is 0 Å². The van der Waals surface area contributed by atoms with E-state index in [9.17, 15) is 0 Å². The van der Waals surface area contributed by atoms with E-state index in [1.54, 1.807) is 0 Å². The summed E-state index contributed by atoms with van der Waals surface area (Å²) in [5.74, 6) is 0. The lowest BCUT2D eigenvalue weighted by Gasteiger charge is -2.25. The van der Waals surface area contributed by atoms with Gasteiger partial charge in [0.25, 0.3) is 0 Å². The van der Waals surface area contributed by atoms with Gasteiger partial charge in [0.15, 0.2) is 0 Å². The molecule has 2 heterocycles. The minimum absolute atomic E-state index is 1.22. The summed E-state index contributed by atoms with van der Waals surface area (Å²) in [6, 6.07) is 56.0. The van der Waals surface area contributed by atoms with Crippen molar-refractivity contribution in [2.75, 3.05) is 0 Å². The van der Waals surface area contributed by atoms with Crippen LogP contribution in [0.5, 0.6) is 0 Å². The predicted molar refractivity (Wildman–Crippen MR) is 210 cm³/mol. The Bertz CT molecular complexity index is 2970. The van der Waals surface area contributed by atoms with Gasteiger partial charge in [0.2, 0.25) is 0 Å². The third-order valence-corrected chi connectivity index (χ3v) is 11.6. The van der Waals surface area contributed by atoms with Gasteiger partial charge in [-0.05, 0) is 88.2 Å². The zero-order valence-electron chi connectivity index (χ0n) is 26.4. The molecule has 0 bridgehead atoms. The summed E-state index contributed by atoms with van der Waals surface area (Å²) in [7, 11) is 0. The Morgan fingerprint density at radius 3 is 1.55 bits per heavy atom. The molecule has 226 valence electrons. The number of benzene rings is 9.